The van der Waals surface area contributed by atoms with Gasteiger partial charge in [0.05, 0.1) is 25.3 Å². The zero-order valence-corrected chi connectivity index (χ0v) is 30.0. The molecule has 2 aliphatic heterocycles. The van der Waals surface area contributed by atoms with Crippen molar-refractivity contribution in [3.63, 3.8) is 0 Å². The van der Waals surface area contributed by atoms with Crippen molar-refractivity contribution in [2.75, 3.05) is 0 Å². The average molecular weight is 670 g/mol. The van der Waals surface area contributed by atoms with Crippen molar-refractivity contribution in [1.29, 1.82) is 10.5 Å². The second kappa shape index (κ2) is 17.9. The average Bonchev–Trinajstić information content (AvgIpc) is 3.12. The van der Waals surface area contributed by atoms with Crippen molar-refractivity contribution >= 4 is 0 Å². The molecule has 7 nitrogen and oxygen atoms in total. The lowest BCUT2D eigenvalue weighted by Crippen LogP contribution is -2.52. The topological polar surface area (TPSA) is 78.0 Å². The van der Waals surface area contributed by atoms with Crippen molar-refractivity contribution in [2.24, 2.45) is 17.8 Å². The van der Waals surface area contributed by atoms with Gasteiger partial charge in [-0.1, -0.05) is 31.9 Å². The molecule has 0 amide bonds. The van der Waals surface area contributed by atoms with E-state index in [-0.39, 0.29) is 11.4 Å². The van der Waals surface area contributed by atoms with Gasteiger partial charge in [0, 0.05) is 18.1 Å². The van der Waals surface area contributed by atoms with E-state index in [9.17, 15) is 10.5 Å². The van der Waals surface area contributed by atoms with Crippen LogP contribution in [0, 0.1) is 53.6 Å². The number of hydrogen-bond acceptors (Lipinski definition) is 5. The summed E-state index contributed by atoms with van der Waals surface area (Å²) in [4.78, 5) is 9.77. The summed E-state index contributed by atoms with van der Waals surface area (Å²) in [5.74, 6) is 4.67. The van der Waals surface area contributed by atoms with Crippen LogP contribution in [0.3, 0.4) is 0 Å². The maximum atomic E-state index is 9.34. The molecule has 7 heteroatoms. The van der Waals surface area contributed by atoms with Crippen molar-refractivity contribution in [3.05, 3.63) is 117 Å². The van der Waals surface area contributed by atoms with Crippen LogP contribution in [0.2, 0.25) is 0 Å². The summed E-state index contributed by atoms with van der Waals surface area (Å²) in [7, 11) is 0. The number of nitriles is 2. The third kappa shape index (κ3) is 9.57. The van der Waals surface area contributed by atoms with Crippen LogP contribution < -0.4 is 0 Å². The summed E-state index contributed by atoms with van der Waals surface area (Å²) >= 11 is 0. The molecule has 0 aromatic rings. The largest absolute Gasteiger partial charge is 0.462 e. The third-order valence-electron chi connectivity index (χ3n) is 11.2. The van der Waals surface area contributed by atoms with Crippen molar-refractivity contribution in [3.8, 4) is 12.1 Å². The lowest BCUT2D eigenvalue weighted by Gasteiger charge is -2.49. The lowest BCUT2D eigenvalue weighted by molar-refractivity contribution is 0.00797. The highest BCUT2D eigenvalue weighted by Crippen LogP contribution is 2.40. The van der Waals surface area contributed by atoms with Gasteiger partial charge in [-0.05, 0) is 156 Å². The van der Waals surface area contributed by atoms with Gasteiger partial charge in [-0.25, -0.2) is 20.2 Å². The van der Waals surface area contributed by atoms with Crippen molar-refractivity contribution < 1.29 is 9.47 Å². The predicted molar refractivity (Wildman–Crippen MR) is 197 cm³/mol. The second-order valence-corrected chi connectivity index (χ2v) is 14.6. The van der Waals surface area contributed by atoms with Gasteiger partial charge in [-0.2, -0.15) is 0 Å². The minimum atomic E-state index is 0.0927. The molecule has 0 atom stereocenters. The number of ether oxygens (including phenoxy) is 2. The molecule has 3 saturated carbocycles. The van der Waals surface area contributed by atoms with Gasteiger partial charge < -0.3 is 9.47 Å². The fourth-order valence-electron chi connectivity index (χ4n) is 8.74. The van der Waals surface area contributed by atoms with Crippen LogP contribution in [0.5, 0.6) is 0 Å². The molecule has 260 valence electrons. The van der Waals surface area contributed by atoms with Crippen LogP contribution in [-0.4, -0.2) is 23.0 Å². The number of rotatable bonds is 9. The summed E-state index contributed by atoms with van der Waals surface area (Å²) in [6, 6.07) is 5.94. The second-order valence-electron chi connectivity index (χ2n) is 14.6. The Hall–Kier alpha value is -4.56. The van der Waals surface area contributed by atoms with E-state index in [0.29, 0.717) is 64.1 Å². The minimum Gasteiger partial charge on any atom is -0.462 e. The third-order valence-corrected chi connectivity index (χ3v) is 11.2. The van der Waals surface area contributed by atoms with E-state index in [0.717, 1.165) is 31.6 Å². The Kier molecular flexibility index (Phi) is 13.1. The summed E-state index contributed by atoms with van der Waals surface area (Å²) in [5, 5.41) is 18.7. The standard InChI is InChI=1S/C43H51N5O2/c1-6-7-32-8-16-37(17-9-32)48(38-18-10-33(11-19-38)14-22-40-26-35(24-30(2)49-40)42(28-44)46-4)39-20-12-34(13-21-39)15-23-41-27-36(25-31(3)50-41)43(29-45)47-5/h14-15,22-27,32-34,37-39H,6-13,16-21H2,1-3H3/b22-14+,23-15+,42-35-,43-36+. The highest BCUT2D eigenvalue weighted by Gasteiger charge is 2.37. The van der Waals surface area contributed by atoms with Gasteiger partial charge >= 0.3 is 0 Å². The van der Waals surface area contributed by atoms with E-state index in [1.165, 1.54) is 64.2 Å². The first-order chi connectivity index (χ1) is 24.3. The normalized spacial score (nSPS) is 30.7. The van der Waals surface area contributed by atoms with E-state index in [1.807, 2.05) is 38.1 Å². The van der Waals surface area contributed by atoms with Gasteiger partial charge in [0.1, 0.15) is 23.0 Å². The Labute approximate surface area is 299 Å². The maximum absolute atomic E-state index is 9.34. The van der Waals surface area contributed by atoms with E-state index < -0.39 is 0 Å². The van der Waals surface area contributed by atoms with Crippen LogP contribution in [0.4, 0.5) is 0 Å². The van der Waals surface area contributed by atoms with E-state index in [4.69, 9.17) is 22.6 Å². The van der Waals surface area contributed by atoms with Crippen molar-refractivity contribution in [1.82, 2.24) is 4.90 Å². The summed E-state index contributed by atoms with van der Waals surface area (Å²) < 4.78 is 11.8. The van der Waals surface area contributed by atoms with Gasteiger partial charge in [0.2, 0.25) is 0 Å². The summed E-state index contributed by atoms with van der Waals surface area (Å²) in [6.07, 6.45) is 33.3. The van der Waals surface area contributed by atoms with Gasteiger partial charge in [0.25, 0.3) is 11.4 Å². The van der Waals surface area contributed by atoms with Gasteiger partial charge in [0.15, 0.2) is 0 Å². The first-order valence-electron chi connectivity index (χ1n) is 18.7. The molecule has 0 bridgehead atoms. The number of nitrogens with zero attached hydrogens (tertiary/aromatic N) is 5. The molecule has 5 aliphatic rings. The smallest absolute Gasteiger partial charge is 0.269 e. The van der Waals surface area contributed by atoms with Crippen LogP contribution in [0.15, 0.2) is 94.2 Å². The van der Waals surface area contributed by atoms with Crippen LogP contribution >= 0.6 is 0 Å². The SMILES string of the molecule is [C-]#[N+]/C(C#N)=C1/C=C(C)OC(/C=C/C2CCC(N(C3CCC(/C=C/C4=CC(=C(\C#N)[N+]#[C-])/C=C(C)O4)CC3)C3CCC(CCC)CC3)CC2)=C1. The number of allylic oxidation sites excluding steroid dienone is 14. The zero-order valence-electron chi connectivity index (χ0n) is 30.0. The highest BCUT2D eigenvalue weighted by atomic mass is 16.5. The molecule has 0 N–H and O–H groups in total. The fraction of sp³-hybridized carbons (Fsp3) is 0.535. The van der Waals surface area contributed by atoms with Gasteiger partial charge in [-0.3, -0.25) is 4.90 Å². The first kappa shape index (κ1) is 36.7. The Bertz CT molecular complexity index is 1520. The van der Waals surface area contributed by atoms with E-state index in [1.54, 1.807) is 24.3 Å². The zero-order chi connectivity index (χ0) is 35.5. The molecule has 0 aromatic heterocycles. The highest BCUT2D eigenvalue weighted by molar-refractivity contribution is 5.50. The molecule has 0 unspecified atom stereocenters. The van der Waals surface area contributed by atoms with Crippen molar-refractivity contribution in [2.45, 2.75) is 129 Å². The molecule has 0 radical (unpaired) electrons. The minimum absolute atomic E-state index is 0.0927. The monoisotopic (exact) mass is 669 g/mol. The molecule has 0 aromatic carbocycles. The summed E-state index contributed by atoms with van der Waals surface area (Å²) in [5.41, 5.74) is 1.42. The molecule has 5 rings (SSSR count). The maximum Gasteiger partial charge on any atom is 0.269 e. The Morgan fingerprint density at radius 1 is 0.700 bits per heavy atom. The van der Waals surface area contributed by atoms with Gasteiger partial charge in [-0.15, -0.1) is 0 Å². The molecular weight excluding hydrogens is 619 g/mol. The molecule has 0 saturated heterocycles. The molecule has 3 fully saturated rings. The quantitative estimate of drug-likeness (QED) is 0.180. The Morgan fingerprint density at radius 3 is 1.46 bits per heavy atom. The van der Waals surface area contributed by atoms with Crippen LogP contribution in [-0.2, 0) is 9.47 Å². The van der Waals surface area contributed by atoms with E-state index >= 15 is 0 Å². The Balaban J connectivity index is 1.22. The molecule has 3 aliphatic carbocycles. The Morgan fingerprint density at radius 2 is 1.10 bits per heavy atom. The summed E-state index contributed by atoms with van der Waals surface area (Å²) in [6.45, 7) is 20.7. The molecule has 2 heterocycles. The molecule has 0 spiro atoms. The fourth-order valence-corrected chi connectivity index (χ4v) is 8.74. The molecule has 50 heavy (non-hydrogen) atoms. The predicted octanol–water partition coefficient (Wildman–Crippen LogP) is 10.9. The van der Waals surface area contributed by atoms with E-state index in [2.05, 4.69) is 33.7 Å². The van der Waals surface area contributed by atoms with Crippen LogP contribution in [0.1, 0.15) is 111 Å². The lowest BCUT2D eigenvalue weighted by atomic mass is 9.77. The first-order valence-corrected chi connectivity index (χ1v) is 18.7. The van der Waals surface area contributed by atoms with Crippen LogP contribution in [0.25, 0.3) is 9.69 Å². The molecular formula is C43H51N5O2. The number of hydrogen-bond donors (Lipinski definition) is 0.